The highest BCUT2D eigenvalue weighted by molar-refractivity contribution is 7.71. The van der Waals surface area contributed by atoms with Crippen LogP contribution in [0, 0.1) is 18.5 Å². The Labute approximate surface area is 167 Å². The van der Waals surface area contributed by atoms with E-state index in [4.69, 9.17) is 17.0 Å². The Kier molecular flexibility index (Phi) is 4.79. The largest absolute Gasteiger partial charge is 0.497 e. The number of benzene rings is 2. The van der Waals surface area contributed by atoms with Crippen LogP contribution in [0.1, 0.15) is 16.7 Å². The second-order valence-corrected chi connectivity index (χ2v) is 6.97. The summed E-state index contributed by atoms with van der Waals surface area (Å²) >= 11 is 5.63. The molecule has 0 saturated carbocycles. The lowest BCUT2D eigenvalue weighted by Crippen LogP contribution is -2.04. The Morgan fingerprint density at radius 1 is 1.07 bits per heavy atom. The second kappa shape index (κ2) is 7.40. The van der Waals surface area contributed by atoms with Gasteiger partial charge in [0.2, 0.25) is 5.82 Å². The van der Waals surface area contributed by atoms with Crippen molar-refractivity contribution in [2.75, 3.05) is 7.11 Å². The van der Waals surface area contributed by atoms with Gasteiger partial charge in [-0.3, -0.25) is 5.10 Å². The summed E-state index contributed by atoms with van der Waals surface area (Å²) in [6, 6.07) is 14.0. The van der Waals surface area contributed by atoms with Crippen LogP contribution in [0.25, 0.3) is 17.1 Å². The van der Waals surface area contributed by atoms with Gasteiger partial charge in [0, 0.05) is 6.20 Å². The molecule has 0 atom stereocenters. The molecule has 4 rings (SSSR count). The number of nitrogens with zero attached hydrogens (tertiary/aromatic N) is 5. The molecule has 0 aliphatic carbocycles. The molecule has 0 aliphatic rings. The minimum atomic E-state index is 0.498. The topological polar surface area (TPSA) is 73.5 Å². The smallest absolute Gasteiger partial charge is 0.209 e. The molecule has 2 heterocycles. The molecule has 0 aliphatic heterocycles. The van der Waals surface area contributed by atoms with Crippen molar-refractivity contribution in [2.24, 2.45) is 0 Å². The third-order valence-electron chi connectivity index (χ3n) is 4.70. The van der Waals surface area contributed by atoms with Gasteiger partial charge in [-0.25, -0.2) is 4.68 Å². The van der Waals surface area contributed by atoms with Gasteiger partial charge in [-0.1, -0.05) is 30.4 Å². The first kappa shape index (κ1) is 18.1. The van der Waals surface area contributed by atoms with Crippen molar-refractivity contribution < 1.29 is 4.74 Å². The maximum Gasteiger partial charge on any atom is 0.209 e. The fourth-order valence-electron chi connectivity index (χ4n) is 2.90. The van der Waals surface area contributed by atoms with Gasteiger partial charge in [-0.15, -0.1) is 10.2 Å². The summed E-state index contributed by atoms with van der Waals surface area (Å²) in [5.41, 5.74) is 5.23. The Bertz CT molecular complexity index is 1170. The molecule has 2 aromatic heterocycles. The van der Waals surface area contributed by atoms with Crippen molar-refractivity contribution in [3.8, 4) is 22.8 Å². The highest BCUT2D eigenvalue weighted by atomic mass is 32.1. The van der Waals surface area contributed by atoms with Gasteiger partial charge in [0.05, 0.1) is 24.9 Å². The maximum absolute atomic E-state index is 5.63. The van der Waals surface area contributed by atoms with E-state index in [1.807, 2.05) is 41.2 Å². The molecule has 142 valence electrons. The van der Waals surface area contributed by atoms with E-state index in [1.54, 1.807) is 11.9 Å². The molecule has 0 saturated heterocycles. The van der Waals surface area contributed by atoms with E-state index in [2.05, 4.69) is 46.5 Å². The van der Waals surface area contributed by atoms with Crippen LogP contribution in [0.4, 0.5) is 0 Å². The molecule has 2 aromatic carbocycles. The average molecular weight is 392 g/mol. The van der Waals surface area contributed by atoms with Crippen molar-refractivity contribution in [1.29, 1.82) is 0 Å². The fourth-order valence-corrected chi connectivity index (χ4v) is 3.21. The predicted octanol–water partition coefficient (Wildman–Crippen LogP) is 3.86. The molecule has 0 fully saturated rings. The molecule has 1 N–H and O–H groups in total. The molecule has 4 aromatic rings. The number of hydrogen-bond acceptors (Lipinski definition) is 5. The van der Waals surface area contributed by atoms with Gasteiger partial charge in [-0.2, -0.15) is 4.80 Å². The number of nitrogens with one attached hydrogen (secondary N) is 1. The van der Waals surface area contributed by atoms with Crippen molar-refractivity contribution >= 4 is 12.2 Å². The summed E-state index contributed by atoms with van der Waals surface area (Å²) in [7, 11) is 1.65. The normalized spacial score (nSPS) is 11.0. The zero-order chi connectivity index (χ0) is 19.7. The first-order chi connectivity index (χ1) is 13.5. The van der Waals surface area contributed by atoms with Crippen molar-refractivity contribution in [3.63, 3.8) is 0 Å². The average Bonchev–Trinajstić information content (AvgIpc) is 3.31. The Morgan fingerprint density at radius 3 is 2.57 bits per heavy atom. The molecule has 8 heteroatoms. The van der Waals surface area contributed by atoms with Crippen LogP contribution in [0.2, 0.25) is 0 Å². The van der Waals surface area contributed by atoms with Crippen LogP contribution in [-0.4, -0.2) is 37.1 Å². The van der Waals surface area contributed by atoms with Gasteiger partial charge in [0.1, 0.15) is 10.4 Å². The molecule has 7 nitrogen and oxygen atoms in total. The van der Waals surface area contributed by atoms with Crippen LogP contribution in [0.15, 0.2) is 48.7 Å². The predicted molar refractivity (Wildman–Crippen MR) is 109 cm³/mol. The summed E-state index contributed by atoms with van der Waals surface area (Å²) in [6.07, 6.45) is 1.81. The first-order valence-electron chi connectivity index (χ1n) is 8.84. The fraction of sp³-hybridized carbons (Fsp3) is 0.200. The summed E-state index contributed by atoms with van der Waals surface area (Å²) in [4.78, 5) is 1.55. The molecule has 0 bridgehead atoms. The third kappa shape index (κ3) is 3.46. The monoisotopic (exact) mass is 392 g/mol. The van der Waals surface area contributed by atoms with Crippen LogP contribution < -0.4 is 4.74 Å². The van der Waals surface area contributed by atoms with Crippen LogP contribution >= 0.6 is 12.2 Å². The lowest BCUT2D eigenvalue weighted by molar-refractivity contribution is 0.414. The van der Waals surface area contributed by atoms with E-state index in [1.165, 1.54) is 11.1 Å². The zero-order valence-corrected chi connectivity index (χ0v) is 16.7. The van der Waals surface area contributed by atoms with E-state index in [0.717, 1.165) is 22.6 Å². The number of tetrazole rings is 1. The van der Waals surface area contributed by atoms with Crippen LogP contribution in [0.5, 0.6) is 5.75 Å². The van der Waals surface area contributed by atoms with Crippen molar-refractivity contribution in [1.82, 2.24) is 30.0 Å². The zero-order valence-electron chi connectivity index (χ0n) is 15.9. The number of aryl methyl sites for hydroxylation is 2. The maximum atomic E-state index is 5.63. The summed E-state index contributed by atoms with van der Waals surface area (Å²) < 4.78 is 7.65. The molecule has 0 amide bonds. The van der Waals surface area contributed by atoms with Gasteiger partial charge < -0.3 is 4.74 Å². The minimum absolute atomic E-state index is 0.498. The van der Waals surface area contributed by atoms with E-state index >= 15 is 0 Å². The van der Waals surface area contributed by atoms with Crippen molar-refractivity contribution in [3.05, 3.63) is 70.0 Å². The number of aromatic amines is 1. The number of methoxy groups -OCH3 is 1. The molecular formula is C20H20N6OS. The summed E-state index contributed by atoms with van der Waals surface area (Å²) in [5, 5.41) is 16.0. The molecule has 0 radical (unpaired) electrons. The number of hydrogen-bond donors (Lipinski definition) is 1. The number of H-pyrrole nitrogens is 1. The van der Waals surface area contributed by atoms with Crippen LogP contribution in [0.3, 0.4) is 0 Å². The summed E-state index contributed by atoms with van der Waals surface area (Å²) in [6.45, 7) is 4.69. The Hall–Kier alpha value is -3.26. The summed E-state index contributed by atoms with van der Waals surface area (Å²) in [5.74, 6) is 1.31. The quantitative estimate of drug-likeness (QED) is 0.522. The Morgan fingerprint density at radius 2 is 1.86 bits per heavy atom. The highest BCUT2D eigenvalue weighted by Crippen LogP contribution is 2.20. The number of rotatable bonds is 5. The molecule has 28 heavy (non-hydrogen) atoms. The Balaban J connectivity index is 1.59. The lowest BCUT2D eigenvalue weighted by atomic mass is 10.1. The molecule has 0 unspecified atom stereocenters. The van der Waals surface area contributed by atoms with Crippen LogP contribution in [-0.2, 0) is 6.54 Å². The van der Waals surface area contributed by atoms with Gasteiger partial charge in [0.15, 0.2) is 0 Å². The standard InChI is InChI=1S/C20H20N6OS/c1-13-4-7-16(10-14(13)2)26-20(28)18(11-21-26)19-22-24-25(23-19)12-15-5-8-17(27-3)9-6-15/h4-11,21H,12H2,1-3H3. The van der Waals surface area contributed by atoms with Gasteiger partial charge in [0.25, 0.3) is 0 Å². The minimum Gasteiger partial charge on any atom is -0.497 e. The van der Waals surface area contributed by atoms with E-state index in [9.17, 15) is 0 Å². The SMILES string of the molecule is COc1ccc(Cn2nnc(-c3c[nH]n(-c4ccc(C)c(C)c4)c3=S)n2)cc1. The molecule has 0 spiro atoms. The van der Waals surface area contributed by atoms with Gasteiger partial charge in [-0.05, 0) is 60.0 Å². The molecular weight excluding hydrogens is 372 g/mol. The van der Waals surface area contributed by atoms with Crippen molar-refractivity contribution in [2.45, 2.75) is 20.4 Å². The third-order valence-corrected chi connectivity index (χ3v) is 5.10. The van der Waals surface area contributed by atoms with Gasteiger partial charge >= 0.3 is 0 Å². The first-order valence-corrected chi connectivity index (χ1v) is 9.25. The number of aromatic nitrogens is 6. The lowest BCUT2D eigenvalue weighted by Gasteiger charge is -2.06. The number of ether oxygens (including phenoxy) is 1. The highest BCUT2D eigenvalue weighted by Gasteiger charge is 2.13. The van der Waals surface area contributed by atoms with E-state index < -0.39 is 0 Å². The van der Waals surface area contributed by atoms with E-state index in [0.29, 0.717) is 17.0 Å². The van der Waals surface area contributed by atoms with E-state index in [-0.39, 0.29) is 0 Å². The second-order valence-electron chi connectivity index (χ2n) is 6.59.